The van der Waals surface area contributed by atoms with Crippen molar-refractivity contribution >= 4 is 33.8 Å². The van der Waals surface area contributed by atoms with Gasteiger partial charge in [0.1, 0.15) is 4.88 Å². The molecule has 1 aliphatic rings. The molecule has 2 aromatic heterocycles. The molecule has 0 spiro atoms. The first kappa shape index (κ1) is 20.0. The van der Waals surface area contributed by atoms with Gasteiger partial charge in [0, 0.05) is 29.4 Å². The van der Waals surface area contributed by atoms with Gasteiger partial charge in [0.05, 0.1) is 28.9 Å². The van der Waals surface area contributed by atoms with E-state index < -0.39 is 5.60 Å². The minimum Gasteiger partial charge on any atom is -0.396 e. The van der Waals surface area contributed by atoms with Crippen molar-refractivity contribution in [2.24, 2.45) is 5.92 Å². The summed E-state index contributed by atoms with van der Waals surface area (Å²) in [5, 5.41) is 28.6. The quantitative estimate of drug-likeness (QED) is 0.591. The molecule has 1 fully saturated rings. The molecule has 0 saturated heterocycles. The highest BCUT2D eigenvalue weighted by Crippen LogP contribution is 2.35. The monoisotopic (exact) mass is 414 g/mol. The fourth-order valence-electron chi connectivity index (χ4n) is 3.99. The molecule has 1 aliphatic carbocycles. The second kappa shape index (κ2) is 7.85. The molecule has 7 nitrogen and oxygen atoms in total. The zero-order chi connectivity index (χ0) is 20.6. The van der Waals surface area contributed by atoms with E-state index in [1.165, 1.54) is 17.5 Å². The molecule has 0 bridgehead atoms. The van der Waals surface area contributed by atoms with E-state index in [9.17, 15) is 15.0 Å². The normalized spacial score (nSPS) is 20.1. The summed E-state index contributed by atoms with van der Waals surface area (Å²) >= 11 is 1.27. The number of nitrogens with one attached hydrogen (secondary N) is 1. The lowest BCUT2D eigenvalue weighted by Crippen LogP contribution is -2.20. The highest BCUT2D eigenvalue weighted by molar-refractivity contribution is 7.11. The van der Waals surface area contributed by atoms with Gasteiger partial charge in [-0.05, 0) is 57.6 Å². The van der Waals surface area contributed by atoms with Crippen molar-refractivity contribution in [3.8, 4) is 0 Å². The minimum atomic E-state index is -1.13. The highest BCUT2D eigenvalue weighted by Gasteiger charge is 2.26. The number of benzene rings is 1. The Balaban J connectivity index is 1.66. The summed E-state index contributed by atoms with van der Waals surface area (Å²) in [6.45, 7) is 3.65. The molecule has 1 saturated carbocycles. The predicted molar refractivity (Wildman–Crippen MR) is 113 cm³/mol. The van der Waals surface area contributed by atoms with Gasteiger partial charge in [0.2, 0.25) is 0 Å². The van der Waals surface area contributed by atoms with Crippen LogP contribution in [0.15, 0.2) is 30.0 Å². The first-order valence-electron chi connectivity index (χ1n) is 9.91. The van der Waals surface area contributed by atoms with E-state index in [1.54, 1.807) is 19.4 Å². The topological polar surface area (TPSA) is 100 Å². The maximum Gasteiger partial charge on any atom is 0.267 e. The van der Waals surface area contributed by atoms with Crippen LogP contribution in [0.5, 0.6) is 0 Å². The van der Waals surface area contributed by atoms with Crippen molar-refractivity contribution in [2.75, 3.05) is 11.9 Å². The van der Waals surface area contributed by atoms with Gasteiger partial charge in [-0.2, -0.15) is 5.10 Å². The molecule has 8 heteroatoms. The van der Waals surface area contributed by atoms with Crippen LogP contribution in [0, 0.1) is 5.92 Å². The third-order valence-electron chi connectivity index (χ3n) is 5.67. The van der Waals surface area contributed by atoms with Crippen LogP contribution in [-0.4, -0.2) is 37.5 Å². The smallest absolute Gasteiger partial charge is 0.267 e. The summed E-state index contributed by atoms with van der Waals surface area (Å²) in [6, 6.07) is 4.05. The largest absolute Gasteiger partial charge is 0.396 e. The molecule has 3 aromatic rings. The number of carbonyl (C=O) groups is 1. The number of hydrogen-bond donors (Lipinski definition) is 3. The number of rotatable bonds is 5. The van der Waals surface area contributed by atoms with Gasteiger partial charge in [0.25, 0.3) is 5.91 Å². The van der Waals surface area contributed by atoms with Gasteiger partial charge in [-0.15, -0.1) is 11.3 Å². The molecule has 0 unspecified atom stereocenters. The standard InChI is InChI=1S/C21H26N4O3S/c1-21(2,28)16-8-17-14(7-18(16)23-20(27)19-9-22-12-29-19)10-25(24-17)15-5-3-13(11-26)4-6-15/h7-10,12-13,15,26,28H,3-6,11H2,1-2H3,(H,23,27)/t13-,15-. The molecule has 2 heterocycles. The number of aliphatic hydroxyl groups excluding tert-OH is 1. The first-order valence-corrected chi connectivity index (χ1v) is 10.8. The molecule has 3 N–H and O–H groups in total. The summed E-state index contributed by atoms with van der Waals surface area (Å²) in [5.41, 5.74) is 2.48. The van der Waals surface area contributed by atoms with Crippen LogP contribution in [0.25, 0.3) is 10.9 Å². The lowest BCUT2D eigenvalue weighted by atomic mass is 9.87. The number of amides is 1. The number of aromatic nitrogens is 3. The summed E-state index contributed by atoms with van der Waals surface area (Å²) < 4.78 is 2.00. The molecule has 4 rings (SSSR count). The Morgan fingerprint density at radius 3 is 2.69 bits per heavy atom. The Morgan fingerprint density at radius 2 is 2.07 bits per heavy atom. The Bertz CT molecular complexity index is 999. The fraction of sp³-hybridized carbons (Fsp3) is 0.476. The lowest BCUT2D eigenvalue weighted by molar-refractivity contribution is 0.0794. The van der Waals surface area contributed by atoms with Gasteiger partial charge in [-0.25, -0.2) is 0 Å². The zero-order valence-corrected chi connectivity index (χ0v) is 17.4. The number of carbonyl (C=O) groups excluding carboxylic acids is 1. The molecule has 0 radical (unpaired) electrons. The van der Waals surface area contributed by atoms with E-state index in [1.807, 2.05) is 23.0 Å². The van der Waals surface area contributed by atoms with Crippen molar-refractivity contribution < 1.29 is 15.0 Å². The van der Waals surface area contributed by atoms with E-state index in [0.29, 0.717) is 28.1 Å². The van der Waals surface area contributed by atoms with Crippen molar-refractivity contribution in [3.63, 3.8) is 0 Å². The molecule has 154 valence electrons. The van der Waals surface area contributed by atoms with E-state index >= 15 is 0 Å². The number of anilines is 1. The van der Waals surface area contributed by atoms with Crippen LogP contribution >= 0.6 is 11.3 Å². The maximum atomic E-state index is 12.5. The fourth-order valence-corrected chi connectivity index (χ4v) is 4.51. The van der Waals surface area contributed by atoms with Crippen molar-refractivity contribution in [3.05, 3.63) is 40.5 Å². The Labute approximate surface area is 173 Å². The van der Waals surface area contributed by atoms with Crippen molar-refractivity contribution in [1.29, 1.82) is 0 Å². The first-order chi connectivity index (χ1) is 13.8. The Morgan fingerprint density at radius 1 is 1.31 bits per heavy atom. The van der Waals surface area contributed by atoms with Gasteiger partial charge < -0.3 is 15.5 Å². The van der Waals surface area contributed by atoms with Crippen molar-refractivity contribution in [1.82, 2.24) is 14.8 Å². The molecular formula is C21H26N4O3S. The van der Waals surface area contributed by atoms with Gasteiger partial charge in [-0.1, -0.05) is 0 Å². The number of thiazole rings is 1. The van der Waals surface area contributed by atoms with E-state index in [4.69, 9.17) is 5.10 Å². The zero-order valence-electron chi connectivity index (χ0n) is 16.6. The molecule has 29 heavy (non-hydrogen) atoms. The second-order valence-electron chi connectivity index (χ2n) is 8.30. The van der Waals surface area contributed by atoms with Crippen molar-refractivity contribution in [2.45, 2.75) is 51.2 Å². The van der Waals surface area contributed by atoms with Crippen LogP contribution in [-0.2, 0) is 5.60 Å². The van der Waals surface area contributed by atoms with Crippen LogP contribution < -0.4 is 5.32 Å². The second-order valence-corrected chi connectivity index (χ2v) is 9.19. The summed E-state index contributed by atoms with van der Waals surface area (Å²) in [7, 11) is 0. The molecule has 1 amide bonds. The third kappa shape index (κ3) is 4.19. The van der Waals surface area contributed by atoms with E-state index in [0.717, 1.165) is 36.6 Å². The SMILES string of the molecule is CC(C)(O)c1cc2nn([C@H]3CC[C@H](CO)CC3)cc2cc1NC(=O)c1cncs1. The molecular weight excluding hydrogens is 388 g/mol. The molecule has 0 atom stereocenters. The Kier molecular flexibility index (Phi) is 5.42. The van der Waals surface area contributed by atoms with Crippen LogP contribution in [0.1, 0.15) is 60.8 Å². The minimum absolute atomic E-state index is 0.243. The highest BCUT2D eigenvalue weighted by atomic mass is 32.1. The average Bonchev–Trinajstić information content (AvgIpc) is 3.36. The van der Waals surface area contributed by atoms with Crippen LogP contribution in [0.4, 0.5) is 5.69 Å². The summed E-state index contributed by atoms with van der Waals surface area (Å²) in [6.07, 6.45) is 7.53. The number of aliphatic hydroxyl groups is 2. The number of fused-ring (bicyclic) bond motifs is 1. The van der Waals surface area contributed by atoms with Gasteiger partial charge >= 0.3 is 0 Å². The molecule has 0 aliphatic heterocycles. The van der Waals surface area contributed by atoms with E-state index in [2.05, 4.69) is 10.3 Å². The maximum absolute atomic E-state index is 12.5. The van der Waals surface area contributed by atoms with E-state index in [-0.39, 0.29) is 12.5 Å². The van der Waals surface area contributed by atoms with Gasteiger partial charge in [0.15, 0.2) is 0 Å². The number of nitrogens with zero attached hydrogens (tertiary/aromatic N) is 3. The predicted octanol–water partition coefficient (Wildman–Crippen LogP) is 3.70. The lowest BCUT2D eigenvalue weighted by Gasteiger charge is -2.27. The van der Waals surface area contributed by atoms with Crippen LogP contribution in [0.3, 0.4) is 0 Å². The third-order valence-corrected chi connectivity index (χ3v) is 6.45. The number of hydrogen-bond acceptors (Lipinski definition) is 6. The van der Waals surface area contributed by atoms with Gasteiger partial charge in [-0.3, -0.25) is 14.5 Å². The van der Waals surface area contributed by atoms with Crippen LogP contribution in [0.2, 0.25) is 0 Å². The average molecular weight is 415 g/mol. The molecule has 1 aromatic carbocycles. The summed E-state index contributed by atoms with van der Waals surface area (Å²) in [4.78, 5) is 17.0. The Hall–Kier alpha value is -2.29. The summed E-state index contributed by atoms with van der Waals surface area (Å²) in [5.74, 6) is 0.152.